The molecule has 26 heavy (non-hydrogen) atoms. The summed E-state index contributed by atoms with van der Waals surface area (Å²) in [7, 11) is 0. The summed E-state index contributed by atoms with van der Waals surface area (Å²) in [4.78, 5) is 23.5. The molecular weight excluding hydrogens is 330 g/mol. The number of carbonyl (C=O) groups excluding carboxylic acids is 1. The van der Waals surface area contributed by atoms with E-state index in [9.17, 15) is 14.7 Å². The van der Waals surface area contributed by atoms with Crippen molar-refractivity contribution in [1.82, 2.24) is 5.32 Å². The first-order valence-corrected chi connectivity index (χ1v) is 8.67. The molecule has 5 nitrogen and oxygen atoms in total. The van der Waals surface area contributed by atoms with Crippen molar-refractivity contribution in [3.8, 4) is 11.1 Å². The molecule has 0 aliphatic heterocycles. The molecule has 0 aromatic heterocycles. The summed E-state index contributed by atoms with van der Waals surface area (Å²) in [5.74, 6) is -0.986. The predicted octanol–water partition coefficient (Wildman–Crippen LogP) is 4.02. The highest BCUT2D eigenvalue weighted by Gasteiger charge is 2.35. The summed E-state index contributed by atoms with van der Waals surface area (Å²) in [6.07, 6.45) is -0.603. The van der Waals surface area contributed by atoms with Crippen LogP contribution in [0.3, 0.4) is 0 Å². The fraction of sp³-hybridized carbons (Fsp3) is 0.333. The van der Waals surface area contributed by atoms with Crippen LogP contribution in [0.15, 0.2) is 48.5 Å². The number of aliphatic carboxylic acids is 1. The Labute approximate surface area is 153 Å². The number of amides is 1. The van der Waals surface area contributed by atoms with Gasteiger partial charge in [-0.05, 0) is 43.0 Å². The van der Waals surface area contributed by atoms with Gasteiger partial charge in [-0.2, -0.15) is 0 Å². The summed E-state index contributed by atoms with van der Waals surface area (Å²) in [5, 5.41) is 11.9. The van der Waals surface area contributed by atoms with Crippen LogP contribution in [0.1, 0.15) is 37.8 Å². The number of alkyl carbamates (subject to hydrolysis) is 1. The Kier molecular flexibility index (Phi) is 4.72. The molecule has 2 N–H and O–H groups in total. The second-order valence-electron chi connectivity index (χ2n) is 7.22. The Hall–Kier alpha value is -2.82. The van der Waals surface area contributed by atoms with Crippen LogP contribution in [0.4, 0.5) is 4.79 Å². The molecule has 3 rings (SSSR count). The number of carboxylic acids is 1. The van der Waals surface area contributed by atoms with Crippen LogP contribution in [-0.2, 0) is 9.53 Å². The smallest absolute Gasteiger partial charge is 0.407 e. The van der Waals surface area contributed by atoms with Crippen molar-refractivity contribution in [2.24, 2.45) is 5.41 Å². The summed E-state index contributed by atoms with van der Waals surface area (Å²) in [6.45, 7) is 5.02. The lowest BCUT2D eigenvalue weighted by Gasteiger charge is -2.27. The van der Waals surface area contributed by atoms with Crippen molar-refractivity contribution in [2.75, 3.05) is 6.61 Å². The van der Waals surface area contributed by atoms with Crippen molar-refractivity contribution < 1.29 is 19.4 Å². The van der Waals surface area contributed by atoms with Gasteiger partial charge in [0.25, 0.3) is 0 Å². The van der Waals surface area contributed by atoms with Crippen molar-refractivity contribution in [2.45, 2.75) is 32.7 Å². The Balaban J connectivity index is 1.70. The first-order chi connectivity index (χ1) is 12.3. The van der Waals surface area contributed by atoms with Gasteiger partial charge in [0.15, 0.2) is 0 Å². The Morgan fingerprint density at radius 3 is 2.08 bits per heavy atom. The quantitative estimate of drug-likeness (QED) is 0.851. The van der Waals surface area contributed by atoms with Crippen LogP contribution in [0.25, 0.3) is 11.1 Å². The van der Waals surface area contributed by atoms with Gasteiger partial charge in [-0.1, -0.05) is 48.5 Å². The van der Waals surface area contributed by atoms with Gasteiger partial charge in [0.05, 0.1) is 5.41 Å². The zero-order valence-electron chi connectivity index (χ0n) is 15.2. The lowest BCUT2D eigenvalue weighted by molar-refractivity contribution is -0.148. The molecule has 0 radical (unpaired) electrons. The molecule has 1 unspecified atom stereocenters. The normalized spacial score (nSPS) is 14.3. The molecule has 136 valence electrons. The summed E-state index contributed by atoms with van der Waals surface area (Å²) in [5.41, 5.74) is 3.53. The SMILES string of the molecule is CC(NC(=O)OCC1c2ccccc2-c2ccccc21)C(C)(C)C(=O)O. The summed E-state index contributed by atoms with van der Waals surface area (Å²) in [6, 6.07) is 15.7. The third-order valence-electron chi connectivity index (χ3n) is 5.31. The highest BCUT2D eigenvalue weighted by molar-refractivity contribution is 5.79. The largest absolute Gasteiger partial charge is 0.481 e. The van der Waals surface area contributed by atoms with E-state index in [1.54, 1.807) is 20.8 Å². The van der Waals surface area contributed by atoms with Crippen molar-refractivity contribution in [1.29, 1.82) is 0 Å². The van der Waals surface area contributed by atoms with Crippen molar-refractivity contribution in [3.05, 3.63) is 59.7 Å². The monoisotopic (exact) mass is 353 g/mol. The number of carbonyl (C=O) groups is 2. The fourth-order valence-corrected chi connectivity index (χ4v) is 3.18. The second-order valence-corrected chi connectivity index (χ2v) is 7.22. The molecule has 0 saturated heterocycles. The molecule has 0 fully saturated rings. The molecule has 2 aromatic rings. The average Bonchev–Trinajstić information content (AvgIpc) is 2.94. The summed E-state index contributed by atoms with van der Waals surface area (Å²) >= 11 is 0. The molecule has 2 aromatic carbocycles. The molecule has 1 amide bonds. The van der Waals surface area contributed by atoms with E-state index in [0.717, 1.165) is 22.3 Å². The molecule has 0 bridgehead atoms. The van der Waals surface area contributed by atoms with Crippen molar-refractivity contribution >= 4 is 12.1 Å². The van der Waals surface area contributed by atoms with Crippen LogP contribution < -0.4 is 5.32 Å². The van der Waals surface area contributed by atoms with Crippen LogP contribution >= 0.6 is 0 Å². The van der Waals surface area contributed by atoms with Gasteiger partial charge >= 0.3 is 12.1 Å². The van der Waals surface area contributed by atoms with Crippen LogP contribution in [0, 0.1) is 5.41 Å². The Bertz CT molecular complexity index is 798. The zero-order chi connectivity index (χ0) is 18.9. The van der Waals surface area contributed by atoms with E-state index >= 15 is 0 Å². The minimum absolute atomic E-state index is 0.0176. The maximum atomic E-state index is 12.2. The van der Waals surface area contributed by atoms with E-state index in [-0.39, 0.29) is 12.5 Å². The number of hydrogen-bond acceptors (Lipinski definition) is 3. The van der Waals surface area contributed by atoms with Crippen LogP contribution in [0.5, 0.6) is 0 Å². The number of nitrogens with one attached hydrogen (secondary N) is 1. The van der Waals surface area contributed by atoms with Gasteiger partial charge in [-0.25, -0.2) is 4.79 Å². The number of hydrogen-bond donors (Lipinski definition) is 2. The predicted molar refractivity (Wildman–Crippen MR) is 99.1 cm³/mol. The molecule has 0 spiro atoms. The topological polar surface area (TPSA) is 75.6 Å². The van der Waals surface area contributed by atoms with Gasteiger partial charge in [0.2, 0.25) is 0 Å². The van der Waals surface area contributed by atoms with Crippen LogP contribution in [-0.4, -0.2) is 29.8 Å². The number of rotatable bonds is 5. The summed E-state index contributed by atoms with van der Waals surface area (Å²) < 4.78 is 5.44. The second kappa shape index (κ2) is 6.83. The van der Waals surface area contributed by atoms with E-state index in [2.05, 4.69) is 29.6 Å². The first-order valence-electron chi connectivity index (χ1n) is 8.67. The first kappa shape index (κ1) is 18.0. The zero-order valence-corrected chi connectivity index (χ0v) is 15.2. The molecular formula is C21H23NO4. The highest BCUT2D eigenvalue weighted by atomic mass is 16.5. The molecule has 1 aliphatic rings. The van der Waals surface area contributed by atoms with E-state index in [4.69, 9.17) is 4.74 Å². The van der Waals surface area contributed by atoms with Crippen LogP contribution in [0.2, 0.25) is 0 Å². The maximum absolute atomic E-state index is 12.2. The number of carboxylic acid groups (broad SMARTS) is 1. The van der Waals surface area contributed by atoms with Gasteiger partial charge < -0.3 is 15.2 Å². The van der Waals surface area contributed by atoms with E-state index in [1.807, 2.05) is 24.3 Å². The van der Waals surface area contributed by atoms with Gasteiger partial charge in [-0.15, -0.1) is 0 Å². The van der Waals surface area contributed by atoms with E-state index < -0.39 is 23.5 Å². The van der Waals surface area contributed by atoms with E-state index in [0.29, 0.717) is 0 Å². The molecule has 5 heteroatoms. The standard InChI is InChI=1S/C21H23NO4/c1-13(21(2,3)19(23)24)22-20(25)26-12-18-16-10-6-4-8-14(16)15-9-5-7-11-17(15)18/h4-11,13,18H,12H2,1-3H3,(H,22,25)(H,23,24). The average molecular weight is 353 g/mol. The van der Waals surface area contributed by atoms with Gasteiger partial charge in [0, 0.05) is 12.0 Å². The minimum atomic E-state index is -1.08. The number of fused-ring (bicyclic) bond motifs is 3. The van der Waals surface area contributed by atoms with Gasteiger partial charge in [-0.3, -0.25) is 4.79 Å². The lowest BCUT2D eigenvalue weighted by atomic mass is 9.86. The molecule has 0 heterocycles. The third kappa shape index (κ3) is 3.17. The van der Waals surface area contributed by atoms with Crippen molar-refractivity contribution in [3.63, 3.8) is 0 Å². The number of ether oxygens (including phenoxy) is 1. The maximum Gasteiger partial charge on any atom is 0.407 e. The molecule has 1 aliphatic carbocycles. The minimum Gasteiger partial charge on any atom is -0.481 e. The molecule has 0 saturated carbocycles. The number of benzene rings is 2. The fourth-order valence-electron chi connectivity index (χ4n) is 3.18. The third-order valence-corrected chi connectivity index (χ3v) is 5.31. The Morgan fingerprint density at radius 1 is 1.08 bits per heavy atom. The van der Waals surface area contributed by atoms with Gasteiger partial charge in [0.1, 0.15) is 6.61 Å². The van der Waals surface area contributed by atoms with E-state index in [1.165, 1.54) is 0 Å². The molecule has 1 atom stereocenters. The highest BCUT2D eigenvalue weighted by Crippen LogP contribution is 2.44. The Morgan fingerprint density at radius 2 is 1.58 bits per heavy atom. The lowest BCUT2D eigenvalue weighted by Crippen LogP contribution is -2.47.